The van der Waals surface area contributed by atoms with Crippen LogP contribution in [0.15, 0.2) is 12.1 Å². The second kappa shape index (κ2) is 9.48. The minimum absolute atomic E-state index is 0.591. The van der Waals surface area contributed by atoms with E-state index >= 15 is 0 Å². The van der Waals surface area contributed by atoms with Crippen molar-refractivity contribution in [1.29, 1.82) is 0 Å². The van der Waals surface area contributed by atoms with E-state index in [1.54, 1.807) is 0 Å². The van der Waals surface area contributed by atoms with E-state index in [4.69, 9.17) is 14.2 Å². The van der Waals surface area contributed by atoms with E-state index in [9.17, 15) is 0 Å². The molecular weight excluding hydrogens is 254 g/mol. The van der Waals surface area contributed by atoms with Gasteiger partial charge in [0.1, 0.15) is 0 Å². The Morgan fingerprint density at radius 2 is 1.40 bits per heavy atom. The SMILES string of the molecule is CCCNCc1cc(OCC)c(OCC)c(OCC)c1. The van der Waals surface area contributed by atoms with Crippen molar-refractivity contribution in [2.45, 2.75) is 40.7 Å². The summed E-state index contributed by atoms with van der Waals surface area (Å²) >= 11 is 0. The van der Waals surface area contributed by atoms with Crippen molar-refractivity contribution in [2.24, 2.45) is 0 Å². The van der Waals surface area contributed by atoms with Crippen LogP contribution in [-0.2, 0) is 6.54 Å². The number of rotatable bonds is 10. The standard InChI is InChI=1S/C16H27NO3/c1-5-9-17-12-13-10-14(18-6-2)16(20-8-4)15(11-13)19-7-3/h10-11,17H,5-9,12H2,1-4H3. The Hall–Kier alpha value is -1.42. The molecule has 0 saturated heterocycles. The minimum Gasteiger partial charge on any atom is -0.490 e. The van der Waals surface area contributed by atoms with Crippen LogP contribution in [0, 0.1) is 0 Å². The van der Waals surface area contributed by atoms with Gasteiger partial charge in [0.15, 0.2) is 11.5 Å². The van der Waals surface area contributed by atoms with Gasteiger partial charge in [-0.2, -0.15) is 0 Å². The van der Waals surface area contributed by atoms with Gasteiger partial charge in [-0.1, -0.05) is 6.92 Å². The molecule has 114 valence electrons. The summed E-state index contributed by atoms with van der Waals surface area (Å²) in [5.74, 6) is 2.22. The molecule has 0 radical (unpaired) electrons. The summed E-state index contributed by atoms with van der Waals surface area (Å²) in [5.41, 5.74) is 1.15. The molecule has 20 heavy (non-hydrogen) atoms. The molecule has 0 fully saturated rings. The van der Waals surface area contributed by atoms with Crippen molar-refractivity contribution in [3.05, 3.63) is 17.7 Å². The highest BCUT2D eigenvalue weighted by atomic mass is 16.5. The van der Waals surface area contributed by atoms with Gasteiger partial charge in [-0.05, 0) is 51.4 Å². The van der Waals surface area contributed by atoms with E-state index in [0.29, 0.717) is 25.6 Å². The predicted molar refractivity (Wildman–Crippen MR) is 81.9 cm³/mol. The van der Waals surface area contributed by atoms with E-state index < -0.39 is 0 Å². The summed E-state index contributed by atoms with van der Waals surface area (Å²) in [6, 6.07) is 4.05. The molecule has 0 atom stereocenters. The van der Waals surface area contributed by atoms with Crippen LogP contribution in [0.2, 0.25) is 0 Å². The van der Waals surface area contributed by atoms with E-state index in [-0.39, 0.29) is 0 Å². The largest absolute Gasteiger partial charge is 0.490 e. The first kappa shape index (κ1) is 16.6. The molecule has 1 aromatic rings. The second-order valence-electron chi connectivity index (χ2n) is 4.40. The highest BCUT2D eigenvalue weighted by molar-refractivity contribution is 5.54. The van der Waals surface area contributed by atoms with Crippen LogP contribution in [0.4, 0.5) is 0 Å². The lowest BCUT2D eigenvalue weighted by molar-refractivity contribution is 0.260. The normalized spacial score (nSPS) is 10.4. The molecule has 1 rings (SSSR count). The smallest absolute Gasteiger partial charge is 0.203 e. The van der Waals surface area contributed by atoms with Gasteiger partial charge in [-0.3, -0.25) is 0 Å². The Balaban J connectivity index is 3.01. The number of ether oxygens (including phenoxy) is 3. The molecule has 0 amide bonds. The van der Waals surface area contributed by atoms with E-state index in [0.717, 1.165) is 36.6 Å². The lowest BCUT2D eigenvalue weighted by atomic mass is 10.1. The Bertz CT molecular complexity index is 366. The Morgan fingerprint density at radius 1 is 0.850 bits per heavy atom. The van der Waals surface area contributed by atoms with Crippen molar-refractivity contribution in [3.63, 3.8) is 0 Å². The van der Waals surface area contributed by atoms with Crippen molar-refractivity contribution in [2.75, 3.05) is 26.4 Å². The zero-order valence-corrected chi connectivity index (χ0v) is 13.1. The lowest BCUT2D eigenvalue weighted by Crippen LogP contribution is -2.14. The zero-order valence-electron chi connectivity index (χ0n) is 13.1. The predicted octanol–water partition coefficient (Wildman–Crippen LogP) is 3.38. The molecule has 4 nitrogen and oxygen atoms in total. The van der Waals surface area contributed by atoms with Crippen LogP contribution in [0.5, 0.6) is 17.2 Å². The molecule has 0 bridgehead atoms. The van der Waals surface area contributed by atoms with Gasteiger partial charge in [0.2, 0.25) is 5.75 Å². The van der Waals surface area contributed by atoms with Crippen molar-refractivity contribution in [3.8, 4) is 17.2 Å². The number of hydrogen-bond donors (Lipinski definition) is 1. The summed E-state index contributed by atoms with van der Waals surface area (Å²) in [6.07, 6.45) is 1.12. The summed E-state index contributed by atoms with van der Waals surface area (Å²) in [6.45, 7) is 11.7. The molecule has 4 heteroatoms. The molecule has 0 aliphatic carbocycles. The average Bonchev–Trinajstić information content (AvgIpc) is 2.43. The molecular formula is C16H27NO3. The quantitative estimate of drug-likeness (QED) is 0.667. The fourth-order valence-corrected chi connectivity index (χ4v) is 1.95. The maximum Gasteiger partial charge on any atom is 0.203 e. The van der Waals surface area contributed by atoms with Gasteiger partial charge in [0, 0.05) is 6.54 Å². The van der Waals surface area contributed by atoms with Crippen LogP contribution in [0.3, 0.4) is 0 Å². The highest BCUT2D eigenvalue weighted by Gasteiger charge is 2.14. The van der Waals surface area contributed by atoms with Gasteiger partial charge in [0.05, 0.1) is 19.8 Å². The first-order chi connectivity index (χ1) is 9.76. The first-order valence-corrected chi connectivity index (χ1v) is 7.52. The summed E-state index contributed by atoms with van der Waals surface area (Å²) in [4.78, 5) is 0. The third kappa shape index (κ3) is 4.93. The molecule has 0 aromatic heterocycles. The van der Waals surface area contributed by atoms with Crippen molar-refractivity contribution in [1.82, 2.24) is 5.32 Å². The maximum absolute atomic E-state index is 5.69. The fraction of sp³-hybridized carbons (Fsp3) is 0.625. The van der Waals surface area contributed by atoms with E-state index in [1.165, 1.54) is 0 Å². The molecule has 0 heterocycles. The summed E-state index contributed by atoms with van der Waals surface area (Å²) in [5, 5.41) is 3.39. The molecule has 0 unspecified atom stereocenters. The zero-order chi connectivity index (χ0) is 14.8. The summed E-state index contributed by atoms with van der Waals surface area (Å²) < 4.78 is 17.1. The molecule has 0 aliphatic rings. The number of nitrogens with one attached hydrogen (secondary N) is 1. The van der Waals surface area contributed by atoms with Gasteiger partial charge < -0.3 is 19.5 Å². The molecule has 1 aromatic carbocycles. The molecule has 1 N–H and O–H groups in total. The maximum atomic E-state index is 5.69. The first-order valence-electron chi connectivity index (χ1n) is 7.52. The van der Waals surface area contributed by atoms with Crippen molar-refractivity contribution < 1.29 is 14.2 Å². The van der Waals surface area contributed by atoms with Crippen LogP contribution in [0.1, 0.15) is 39.7 Å². The minimum atomic E-state index is 0.591. The van der Waals surface area contributed by atoms with Gasteiger partial charge >= 0.3 is 0 Å². The lowest BCUT2D eigenvalue weighted by Gasteiger charge is -2.17. The highest BCUT2D eigenvalue weighted by Crippen LogP contribution is 2.39. The topological polar surface area (TPSA) is 39.7 Å². The second-order valence-corrected chi connectivity index (χ2v) is 4.40. The molecule has 0 saturated carbocycles. The van der Waals surface area contributed by atoms with Crippen LogP contribution >= 0.6 is 0 Å². The third-order valence-electron chi connectivity index (χ3n) is 2.72. The van der Waals surface area contributed by atoms with Crippen LogP contribution < -0.4 is 19.5 Å². The average molecular weight is 281 g/mol. The van der Waals surface area contributed by atoms with Crippen LogP contribution in [-0.4, -0.2) is 26.4 Å². The summed E-state index contributed by atoms with van der Waals surface area (Å²) in [7, 11) is 0. The van der Waals surface area contributed by atoms with Gasteiger partial charge in [0.25, 0.3) is 0 Å². The number of benzene rings is 1. The van der Waals surface area contributed by atoms with Crippen LogP contribution in [0.25, 0.3) is 0 Å². The Kier molecular flexibility index (Phi) is 7.88. The van der Waals surface area contributed by atoms with Gasteiger partial charge in [-0.15, -0.1) is 0 Å². The van der Waals surface area contributed by atoms with Crippen molar-refractivity contribution >= 4 is 0 Å². The number of hydrogen-bond acceptors (Lipinski definition) is 4. The van der Waals surface area contributed by atoms with Gasteiger partial charge in [-0.25, -0.2) is 0 Å². The molecule has 0 aliphatic heterocycles. The fourth-order valence-electron chi connectivity index (χ4n) is 1.95. The van der Waals surface area contributed by atoms with E-state index in [2.05, 4.69) is 12.2 Å². The monoisotopic (exact) mass is 281 g/mol. The Morgan fingerprint density at radius 3 is 1.85 bits per heavy atom. The Labute approximate surface area is 122 Å². The third-order valence-corrected chi connectivity index (χ3v) is 2.72. The molecule has 0 spiro atoms. The van der Waals surface area contributed by atoms with E-state index in [1.807, 2.05) is 32.9 Å².